The highest BCUT2D eigenvalue weighted by molar-refractivity contribution is 7.08. The minimum atomic E-state index is -0.922. The zero-order valence-electron chi connectivity index (χ0n) is 13.7. The Morgan fingerprint density at radius 3 is 2.65 bits per heavy atom. The van der Waals surface area contributed by atoms with Crippen LogP contribution < -0.4 is 5.73 Å². The van der Waals surface area contributed by atoms with Crippen LogP contribution >= 0.6 is 11.3 Å². The smallest absolute Gasteiger partial charge is 0.325 e. The van der Waals surface area contributed by atoms with Crippen LogP contribution in [0.25, 0.3) is 0 Å². The van der Waals surface area contributed by atoms with Crippen molar-refractivity contribution in [3.8, 4) is 0 Å². The Balaban J connectivity index is 2.06. The number of hydrogen-bond acceptors (Lipinski definition) is 6. The van der Waals surface area contributed by atoms with Gasteiger partial charge in [0.2, 0.25) is 0 Å². The standard InChI is InChI=1S/C16H24N2O4S/c1-16(2,3)22-15(21)10-4-6-18(12(17)8-10)13(14(19)20)11-5-7-23-9-11/h5,7,9-10,12-13H,4,6,8,17H2,1-3H3,(H,19,20)/t10-,12+,13-/m1/s1. The number of carboxylic acid groups (broad SMARTS) is 1. The molecule has 3 N–H and O–H groups in total. The molecular weight excluding hydrogens is 316 g/mol. The van der Waals surface area contributed by atoms with Crippen LogP contribution in [0.1, 0.15) is 45.2 Å². The van der Waals surface area contributed by atoms with Gasteiger partial charge in [0, 0.05) is 6.54 Å². The number of nitrogens with two attached hydrogens (primary N) is 1. The quantitative estimate of drug-likeness (QED) is 0.816. The van der Waals surface area contributed by atoms with E-state index in [0.29, 0.717) is 19.4 Å². The van der Waals surface area contributed by atoms with E-state index >= 15 is 0 Å². The summed E-state index contributed by atoms with van der Waals surface area (Å²) < 4.78 is 5.41. The molecular formula is C16H24N2O4S. The molecule has 1 saturated heterocycles. The maximum absolute atomic E-state index is 12.2. The average molecular weight is 340 g/mol. The van der Waals surface area contributed by atoms with Crippen molar-refractivity contribution in [1.29, 1.82) is 0 Å². The summed E-state index contributed by atoms with van der Waals surface area (Å²) in [6, 6.07) is 1.03. The molecule has 0 spiro atoms. The highest BCUT2D eigenvalue weighted by atomic mass is 32.1. The number of ether oxygens (including phenoxy) is 1. The van der Waals surface area contributed by atoms with Gasteiger partial charge in [-0.2, -0.15) is 11.3 Å². The van der Waals surface area contributed by atoms with Crippen LogP contribution in [-0.2, 0) is 14.3 Å². The third kappa shape index (κ3) is 4.53. The molecule has 0 saturated carbocycles. The highest BCUT2D eigenvalue weighted by Gasteiger charge is 2.38. The molecule has 0 aromatic carbocycles. The summed E-state index contributed by atoms with van der Waals surface area (Å²) in [4.78, 5) is 25.6. The van der Waals surface area contributed by atoms with Crippen LogP contribution in [0.2, 0.25) is 0 Å². The predicted molar refractivity (Wildman–Crippen MR) is 87.9 cm³/mol. The fourth-order valence-corrected chi connectivity index (χ4v) is 3.52. The van der Waals surface area contributed by atoms with Crippen LogP contribution in [0.15, 0.2) is 16.8 Å². The molecule has 128 valence electrons. The number of carboxylic acids is 1. The van der Waals surface area contributed by atoms with Gasteiger partial charge in [0.05, 0.1) is 12.1 Å². The van der Waals surface area contributed by atoms with Gasteiger partial charge in [-0.25, -0.2) is 0 Å². The van der Waals surface area contributed by atoms with E-state index in [1.807, 2.05) is 31.5 Å². The van der Waals surface area contributed by atoms with Crippen LogP contribution in [-0.4, -0.2) is 40.3 Å². The number of carbonyl (C=O) groups excluding carboxylic acids is 1. The molecule has 0 aliphatic carbocycles. The summed E-state index contributed by atoms with van der Waals surface area (Å²) in [5.74, 6) is -1.46. The first-order valence-electron chi connectivity index (χ1n) is 7.68. The molecule has 0 bridgehead atoms. The predicted octanol–water partition coefficient (Wildman–Crippen LogP) is 2.21. The third-order valence-corrected chi connectivity index (χ3v) is 4.55. The second-order valence-corrected chi connectivity index (χ2v) is 7.64. The minimum absolute atomic E-state index is 0.255. The Bertz CT molecular complexity index is 553. The lowest BCUT2D eigenvalue weighted by Gasteiger charge is -2.40. The maximum atomic E-state index is 12.2. The van der Waals surface area contributed by atoms with Gasteiger partial charge in [0.1, 0.15) is 11.6 Å². The molecule has 0 radical (unpaired) electrons. The number of rotatable bonds is 4. The van der Waals surface area contributed by atoms with E-state index in [4.69, 9.17) is 10.5 Å². The van der Waals surface area contributed by atoms with Crippen molar-refractivity contribution in [3.63, 3.8) is 0 Å². The number of aliphatic carboxylic acids is 1. The lowest BCUT2D eigenvalue weighted by Crippen LogP contribution is -2.52. The Labute approximate surface area is 140 Å². The van der Waals surface area contributed by atoms with Crippen LogP contribution in [0.3, 0.4) is 0 Å². The first-order chi connectivity index (χ1) is 10.7. The Hall–Kier alpha value is -1.44. The Morgan fingerprint density at radius 1 is 1.48 bits per heavy atom. The average Bonchev–Trinajstić information content (AvgIpc) is 2.92. The summed E-state index contributed by atoms with van der Waals surface area (Å²) in [5.41, 5.74) is 6.38. The van der Waals surface area contributed by atoms with E-state index in [1.54, 1.807) is 11.0 Å². The fraction of sp³-hybridized carbons (Fsp3) is 0.625. The van der Waals surface area contributed by atoms with Gasteiger partial charge in [0.15, 0.2) is 0 Å². The lowest BCUT2D eigenvalue weighted by molar-refractivity contribution is -0.163. The molecule has 3 atom stereocenters. The molecule has 1 aliphatic heterocycles. The normalized spacial score (nSPS) is 24.2. The van der Waals surface area contributed by atoms with Gasteiger partial charge in [0.25, 0.3) is 0 Å². The summed E-state index contributed by atoms with van der Waals surface area (Å²) in [6.07, 6.45) is 0.474. The minimum Gasteiger partial charge on any atom is -0.480 e. The van der Waals surface area contributed by atoms with Gasteiger partial charge in [-0.3, -0.25) is 14.5 Å². The molecule has 6 nitrogen and oxygen atoms in total. The fourth-order valence-electron chi connectivity index (χ4n) is 2.84. The van der Waals surface area contributed by atoms with Crippen molar-refractivity contribution in [2.75, 3.05) is 6.54 Å². The molecule has 1 aliphatic rings. The molecule has 23 heavy (non-hydrogen) atoms. The summed E-state index contributed by atoms with van der Waals surface area (Å²) in [6.45, 7) is 5.95. The van der Waals surface area contributed by atoms with Gasteiger partial charge < -0.3 is 15.6 Å². The van der Waals surface area contributed by atoms with Crippen molar-refractivity contribution >= 4 is 23.3 Å². The van der Waals surface area contributed by atoms with Crippen LogP contribution in [0.4, 0.5) is 0 Å². The molecule has 1 aromatic rings. The maximum Gasteiger partial charge on any atom is 0.325 e. The zero-order chi connectivity index (χ0) is 17.2. The first kappa shape index (κ1) is 17.9. The van der Waals surface area contributed by atoms with Crippen molar-refractivity contribution in [3.05, 3.63) is 22.4 Å². The number of esters is 1. The van der Waals surface area contributed by atoms with E-state index < -0.39 is 23.8 Å². The summed E-state index contributed by atoms with van der Waals surface area (Å²) in [7, 11) is 0. The van der Waals surface area contributed by atoms with Crippen molar-refractivity contribution in [1.82, 2.24) is 4.90 Å². The number of likely N-dealkylation sites (tertiary alicyclic amines) is 1. The summed E-state index contributed by atoms with van der Waals surface area (Å²) >= 11 is 1.46. The highest BCUT2D eigenvalue weighted by Crippen LogP contribution is 2.31. The van der Waals surface area contributed by atoms with E-state index in [1.165, 1.54) is 11.3 Å². The number of hydrogen-bond donors (Lipinski definition) is 2. The topological polar surface area (TPSA) is 92.9 Å². The molecule has 0 amide bonds. The molecule has 2 heterocycles. The van der Waals surface area contributed by atoms with Gasteiger partial charge in [-0.05, 0) is 56.0 Å². The lowest BCUT2D eigenvalue weighted by atomic mass is 9.92. The molecule has 7 heteroatoms. The second kappa shape index (κ2) is 6.98. The van der Waals surface area contributed by atoms with E-state index in [9.17, 15) is 14.7 Å². The number of carbonyl (C=O) groups is 2. The van der Waals surface area contributed by atoms with E-state index in [-0.39, 0.29) is 11.9 Å². The third-order valence-electron chi connectivity index (χ3n) is 3.85. The molecule has 0 unspecified atom stereocenters. The van der Waals surface area contributed by atoms with Crippen LogP contribution in [0.5, 0.6) is 0 Å². The SMILES string of the molecule is CC(C)(C)OC(=O)[C@@H]1CCN([C@@H](C(=O)O)c2ccsc2)[C@H](N)C1. The Kier molecular flexibility index (Phi) is 5.44. The molecule has 2 rings (SSSR count). The first-order valence-corrected chi connectivity index (χ1v) is 8.62. The second-order valence-electron chi connectivity index (χ2n) is 6.86. The monoisotopic (exact) mass is 340 g/mol. The van der Waals surface area contributed by atoms with Gasteiger partial charge >= 0.3 is 11.9 Å². The zero-order valence-corrected chi connectivity index (χ0v) is 14.5. The summed E-state index contributed by atoms with van der Waals surface area (Å²) in [5, 5.41) is 13.2. The van der Waals surface area contributed by atoms with Crippen molar-refractivity contribution in [2.24, 2.45) is 11.7 Å². The Morgan fingerprint density at radius 2 is 2.17 bits per heavy atom. The van der Waals surface area contributed by atoms with Gasteiger partial charge in [-0.15, -0.1) is 0 Å². The van der Waals surface area contributed by atoms with Crippen molar-refractivity contribution in [2.45, 2.75) is 51.4 Å². The number of nitrogens with zero attached hydrogens (tertiary/aromatic N) is 1. The largest absolute Gasteiger partial charge is 0.480 e. The molecule has 1 fully saturated rings. The van der Waals surface area contributed by atoms with Crippen molar-refractivity contribution < 1.29 is 19.4 Å². The van der Waals surface area contributed by atoms with E-state index in [0.717, 1.165) is 5.56 Å². The van der Waals surface area contributed by atoms with Gasteiger partial charge in [-0.1, -0.05) is 0 Å². The van der Waals surface area contributed by atoms with Crippen LogP contribution in [0, 0.1) is 5.92 Å². The molecule has 1 aromatic heterocycles. The number of thiophene rings is 1. The van der Waals surface area contributed by atoms with E-state index in [2.05, 4.69) is 0 Å². The number of piperidine rings is 1.